The number of aromatic nitrogens is 3. The lowest BCUT2D eigenvalue weighted by molar-refractivity contribution is 0.979. The topological polar surface area (TPSA) is 30.2 Å². The second kappa shape index (κ2) is 15.6. The van der Waals surface area contributed by atoms with Gasteiger partial charge in [0.25, 0.3) is 0 Å². The van der Waals surface area contributed by atoms with Crippen LogP contribution in [0.3, 0.4) is 0 Å². The molecule has 0 atom stereocenters. The maximum absolute atomic E-state index is 5.40. The van der Waals surface area contributed by atoms with Crippen LogP contribution in [0.2, 0.25) is 0 Å². The molecular formula is C58H39N3. The highest BCUT2D eigenvalue weighted by molar-refractivity contribution is 6.09. The molecule has 3 aromatic heterocycles. The Labute approximate surface area is 355 Å². The summed E-state index contributed by atoms with van der Waals surface area (Å²) >= 11 is 0. The average Bonchev–Trinajstić information content (AvgIpc) is 3.76. The Bertz CT molecular complexity index is 3300. The van der Waals surface area contributed by atoms with Crippen LogP contribution in [0, 0.1) is 0 Å². The van der Waals surface area contributed by atoms with Crippen molar-refractivity contribution in [1.29, 1.82) is 0 Å². The molecule has 0 saturated carbocycles. The van der Waals surface area contributed by atoms with E-state index in [1.54, 1.807) is 0 Å². The first-order valence-electron chi connectivity index (χ1n) is 20.7. The molecule has 0 unspecified atom stereocenters. The van der Waals surface area contributed by atoms with Gasteiger partial charge in [0.15, 0.2) is 0 Å². The van der Waals surface area contributed by atoms with Crippen LogP contribution in [0.15, 0.2) is 237 Å². The summed E-state index contributed by atoms with van der Waals surface area (Å²) in [5.74, 6) is 0. The maximum Gasteiger partial charge on any atom is 0.101 e. The van der Waals surface area contributed by atoms with Gasteiger partial charge < -0.3 is 0 Å². The lowest BCUT2D eigenvalue weighted by atomic mass is 9.94. The summed E-state index contributed by atoms with van der Waals surface area (Å²) in [6.07, 6.45) is 0. The van der Waals surface area contributed by atoms with Crippen molar-refractivity contribution in [2.75, 3.05) is 0 Å². The Hall–Kier alpha value is -8.14. The van der Waals surface area contributed by atoms with Gasteiger partial charge in [-0.05, 0) is 74.7 Å². The molecule has 0 aliphatic rings. The van der Waals surface area contributed by atoms with E-state index >= 15 is 0 Å². The fourth-order valence-corrected chi connectivity index (χ4v) is 8.56. The van der Waals surface area contributed by atoms with Gasteiger partial charge in [-0.3, -0.25) is 0 Å². The smallest absolute Gasteiger partial charge is 0.101 e. The van der Waals surface area contributed by atoms with Gasteiger partial charge in [-0.15, -0.1) is 0 Å². The van der Waals surface area contributed by atoms with Gasteiger partial charge in [-0.2, -0.15) is 5.10 Å². The molecule has 0 aliphatic carbocycles. The van der Waals surface area contributed by atoms with Crippen molar-refractivity contribution in [3.63, 3.8) is 0 Å². The fraction of sp³-hybridized carbons (Fsp3) is 0. The van der Waals surface area contributed by atoms with Crippen molar-refractivity contribution < 1.29 is 0 Å². The molecule has 0 bridgehead atoms. The van der Waals surface area contributed by atoms with E-state index in [-0.39, 0.29) is 0 Å². The third-order valence-electron chi connectivity index (χ3n) is 11.6. The summed E-state index contributed by atoms with van der Waals surface area (Å²) in [6, 6.07) is 84.0. The van der Waals surface area contributed by atoms with Crippen LogP contribution in [0.4, 0.5) is 0 Å². The largest absolute Gasteiger partial charge is 0.248 e. The van der Waals surface area contributed by atoms with Crippen molar-refractivity contribution in [3.05, 3.63) is 237 Å². The Morgan fingerprint density at radius 1 is 0.295 bits per heavy atom. The number of hydrogen-bond acceptors (Lipinski definition) is 2. The van der Waals surface area contributed by atoms with E-state index in [0.717, 1.165) is 94.7 Å². The molecule has 11 aromatic rings. The molecule has 3 heteroatoms. The van der Waals surface area contributed by atoms with Gasteiger partial charge in [0.1, 0.15) is 5.69 Å². The number of nitrogens with zero attached hydrogens (tertiary/aromatic N) is 3. The summed E-state index contributed by atoms with van der Waals surface area (Å²) in [7, 11) is 0. The van der Waals surface area contributed by atoms with E-state index in [2.05, 4.69) is 241 Å². The van der Waals surface area contributed by atoms with E-state index in [0.29, 0.717) is 0 Å². The van der Waals surface area contributed by atoms with Gasteiger partial charge in [0.05, 0.1) is 22.6 Å². The molecule has 0 fully saturated rings. The summed E-state index contributed by atoms with van der Waals surface area (Å²) in [5, 5.41) is 7.70. The van der Waals surface area contributed by atoms with Crippen molar-refractivity contribution in [1.82, 2.24) is 14.6 Å². The summed E-state index contributed by atoms with van der Waals surface area (Å²) in [5.41, 5.74) is 18.5. The zero-order chi connectivity index (χ0) is 40.5. The third-order valence-corrected chi connectivity index (χ3v) is 11.6. The normalized spacial score (nSPS) is 11.3. The van der Waals surface area contributed by atoms with Gasteiger partial charge in [-0.1, -0.05) is 206 Å². The zero-order valence-electron chi connectivity index (χ0n) is 33.4. The average molecular weight is 778 g/mol. The molecule has 3 nitrogen and oxygen atoms in total. The minimum atomic E-state index is 0.939. The first-order chi connectivity index (χ1) is 30.2. The highest BCUT2D eigenvalue weighted by Crippen LogP contribution is 2.42. The second-order valence-corrected chi connectivity index (χ2v) is 15.4. The monoisotopic (exact) mass is 777 g/mol. The van der Waals surface area contributed by atoms with Gasteiger partial charge in [-0.25, -0.2) is 9.50 Å². The SMILES string of the molecule is c1ccc(-c2ccc(-c3cc(-c4cccc(-c5ccc6c(c5)cc(-c5ccccc5)n5nc(-c7ccccc7)c(-c7ccccc7)c65)c4)cc(-c4ccccc4)n3)cc2)cc1. The highest BCUT2D eigenvalue weighted by atomic mass is 15.2. The first kappa shape index (κ1) is 36.0. The highest BCUT2D eigenvalue weighted by Gasteiger charge is 2.22. The van der Waals surface area contributed by atoms with Crippen molar-refractivity contribution in [2.45, 2.75) is 0 Å². The van der Waals surface area contributed by atoms with E-state index < -0.39 is 0 Å². The van der Waals surface area contributed by atoms with Crippen LogP contribution in [0.1, 0.15) is 0 Å². The van der Waals surface area contributed by atoms with Gasteiger partial charge >= 0.3 is 0 Å². The predicted molar refractivity (Wildman–Crippen MR) is 254 cm³/mol. The molecule has 3 heterocycles. The number of hydrogen-bond donors (Lipinski definition) is 0. The molecule has 0 amide bonds. The van der Waals surface area contributed by atoms with Crippen LogP contribution in [0.25, 0.3) is 106 Å². The molecule has 0 radical (unpaired) electrons. The Kier molecular flexibility index (Phi) is 9.18. The minimum Gasteiger partial charge on any atom is -0.248 e. The Morgan fingerprint density at radius 3 is 1.36 bits per heavy atom. The predicted octanol–water partition coefficient (Wildman–Crippen LogP) is 15.2. The van der Waals surface area contributed by atoms with Crippen molar-refractivity contribution in [2.24, 2.45) is 0 Å². The molecule has 61 heavy (non-hydrogen) atoms. The number of pyridine rings is 2. The number of benzene rings is 8. The van der Waals surface area contributed by atoms with Crippen LogP contribution in [-0.2, 0) is 0 Å². The van der Waals surface area contributed by atoms with E-state index in [9.17, 15) is 0 Å². The van der Waals surface area contributed by atoms with Crippen LogP contribution in [0.5, 0.6) is 0 Å². The van der Waals surface area contributed by atoms with E-state index in [1.165, 1.54) is 11.1 Å². The van der Waals surface area contributed by atoms with Crippen LogP contribution in [-0.4, -0.2) is 14.6 Å². The molecule has 8 aromatic carbocycles. The minimum absolute atomic E-state index is 0.939. The fourth-order valence-electron chi connectivity index (χ4n) is 8.56. The van der Waals surface area contributed by atoms with Crippen LogP contribution >= 0.6 is 0 Å². The van der Waals surface area contributed by atoms with Crippen LogP contribution < -0.4 is 0 Å². The van der Waals surface area contributed by atoms with Gasteiger partial charge in [0, 0.05) is 33.2 Å². The third kappa shape index (κ3) is 6.88. The molecule has 0 saturated heterocycles. The standard InChI is InChI=1S/C58H39N3/c1-6-17-40(18-7-1)41-29-31-43(32-30-41)54-38-50(37-53(59-54)42-19-8-2-9-20-42)48-28-16-27-47(35-48)49-33-34-52-51(36-49)39-55(44-21-10-3-11-22-44)61-58(52)56(45-23-12-4-13-24-45)57(60-61)46-25-14-5-15-26-46/h1-39H. The lowest BCUT2D eigenvalue weighted by Gasteiger charge is -2.13. The first-order valence-corrected chi connectivity index (χ1v) is 20.7. The lowest BCUT2D eigenvalue weighted by Crippen LogP contribution is -1.96. The number of rotatable bonds is 8. The zero-order valence-corrected chi connectivity index (χ0v) is 33.4. The quantitative estimate of drug-likeness (QED) is 0.154. The van der Waals surface area contributed by atoms with Crippen molar-refractivity contribution >= 4 is 16.3 Å². The maximum atomic E-state index is 5.40. The second-order valence-electron chi connectivity index (χ2n) is 15.4. The molecule has 0 N–H and O–H groups in total. The molecular weight excluding hydrogens is 739 g/mol. The molecule has 0 spiro atoms. The molecule has 11 rings (SSSR count). The van der Waals surface area contributed by atoms with E-state index in [4.69, 9.17) is 10.1 Å². The van der Waals surface area contributed by atoms with Gasteiger partial charge in [0.2, 0.25) is 0 Å². The Balaban J connectivity index is 1.06. The van der Waals surface area contributed by atoms with E-state index in [1.807, 2.05) is 0 Å². The number of fused-ring (bicyclic) bond motifs is 3. The summed E-state index contributed by atoms with van der Waals surface area (Å²) in [6.45, 7) is 0. The summed E-state index contributed by atoms with van der Waals surface area (Å²) in [4.78, 5) is 5.22. The summed E-state index contributed by atoms with van der Waals surface area (Å²) < 4.78 is 2.16. The molecule has 286 valence electrons. The Morgan fingerprint density at radius 2 is 0.738 bits per heavy atom. The van der Waals surface area contributed by atoms with Crippen molar-refractivity contribution in [3.8, 4) is 89.5 Å². The molecule has 0 aliphatic heterocycles.